The fourth-order valence-electron chi connectivity index (χ4n) is 5.66. The maximum absolute atomic E-state index is 12.9. The van der Waals surface area contributed by atoms with Gasteiger partial charge in [-0.25, -0.2) is 0 Å². The molecule has 0 fully saturated rings. The number of carbonyl (C=O) groups is 1. The molecule has 0 saturated heterocycles. The van der Waals surface area contributed by atoms with Crippen LogP contribution in [-0.2, 0) is 9.53 Å². The van der Waals surface area contributed by atoms with Crippen LogP contribution < -0.4 is 0 Å². The van der Waals surface area contributed by atoms with Gasteiger partial charge in [-0.3, -0.25) is 4.79 Å². The van der Waals surface area contributed by atoms with Gasteiger partial charge in [0.15, 0.2) is 0 Å². The summed E-state index contributed by atoms with van der Waals surface area (Å²) in [4.78, 5) is 12.9. The van der Waals surface area contributed by atoms with Crippen molar-refractivity contribution in [1.82, 2.24) is 0 Å². The third kappa shape index (κ3) is 28.5. The Balaban J connectivity index is 3.86. The quantitative estimate of drug-likeness (QED) is 0.0631. The number of rotatable bonds is 32. The van der Waals surface area contributed by atoms with Crippen LogP contribution in [0.2, 0.25) is 0 Å². The van der Waals surface area contributed by atoms with Crippen LogP contribution in [0.1, 0.15) is 213 Å². The van der Waals surface area contributed by atoms with Crippen molar-refractivity contribution in [3.8, 4) is 0 Å². The first-order valence-corrected chi connectivity index (χ1v) is 17.9. The second-order valence-electron chi connectivity index (χ2n) is 12.3. The van der Waals surface area contributed by atoms with E-state index < -0.39 is 0 Å². The minimum absolute atomic E-state index is 0.108. The van der Waals surface area contributed by atoms with Crippen molar-refractivity contribution in [2.45, 2.75) is 213 Å². The number of unbranched alkanes of at least 4 members (excludes halogenated alkanes) is 25. The van der Waals surface area contributed by atoms with Crippen molar-refractivity contribution in [1.29, 1.82) is 0 Å². The van der Waals surface area contributed by atoms with Gasteiger partial charge in [-0.05, 0) is 19.3 Å². The molecule has 0 aliphatic carbocycles. The summed E-state index contributed by atoms with van der Waals surface area (Å²) in [6.45, 7) is 7.48. The lowest BCUT2D eigenvalue weighted by Gasteiger charge is -2.16. The molecule has 1 unspecified atom stereocenters. The Hall–Kier alpha value is -0.530. The molecule has 0 saturated carbocycles. The zero-order valence-electron chi connectivity index (χ0n) is 26.8. The van der Waals surface area contributed by atoms with E-state index >= 15 is 0 Å². The highest BCUT2D eigenvalue weighted by molar-refractivity contribution is 5.72. The number of hydrogen-bond acceptors (Lipinski definition) is 2. The van der Waals surface area contributed by atoms with Crippen LogP contribution in [0.25, 0.3) is 0 Å². The predicted octanol–water partition coefficient (Wildman–Crippen LogP) is 12.9. The molecule has 1 atom stereocenters. The summed E-state index contributed by atoms with van der Waals surface area (Å²) in [5, 5.41) is 0. The molecule has 0 aromatic carbocycles. The smallest absolute Gasteiger partial charge is 0.308 e. The monoisotopic (exact) mass is 537 g/mol. The van der Waals surface area contributed by atoms with E-state index in [2.05, 4.69) is 20.8 Å². The van der Waals surface area contributed by atoms with E-state index in [1.165, 1.54) is 173 Å². The minimum Gasteiger partial charge on any atom is -0.465 e. The Morgan fingerprint density at radius 3 is 0.974 bits per heavy atom. The zero-order valence-corrected chi connectivity index (χ0v) is 26.8. The van der Waals surface area contributed by atoms with Crippen molar-refractivity contribution in [2.75, 3.05) is 6.61 Å². The van der Waals surface area contributed by atoms with Gasteiger partial charge in [-0.1, -0.05) is 194 Å². The van der Waals surface area contributed by atoms with Crippen molar-refractivity contribution < 1.29 is 9.53 Å². The Morgan fingerprint density at radius 1 is 0.395 bits per heavy atom. The van der Waals surface area contributed by atoms with Crippen LogP contribution in [0.15, 0.2) is 0 Å². The predicted molar refractivity (Wildman–Crippen MR) is 170 cm³/mol. The maximum atomic E-state index is 12.9. The van der Waals surface area contributed by atoms with Gasteiger partial charge in [0.25, 0.3) is 0 Å². The van der Waals surface area contributed by atoms with E-state index in [-0.39, 0.29) is 11.9 Å². The van der Waals surface area contributed by atoms with Crippen molar-refractivity contribution in [2.24, 2.45) is 5.92 Å². The highest BCUT2D eigenvalue weighted by atomic mass is 16.5. The molecule has 2 heteroatoms. The molecule has 38 heavy (non-hydrogen) atoms. The molecule has 0 aliphatic rings. The molecule has 0 amide bonds. The first-order valence-electron chi connectivity index (χ1n) is 17.9. The van der Waals surface area contributed by atoms with Crippen LogP contribution in [-0.4, -0.2) is 12.6 Å². The second kappa shape index (κ2) is 32.7. The largest absolute Gasteiger partial charge is 0.465 e. The number of carbonyl (C=O) groups excluding carboxylic acids is 1. The van der Waals surface area contributed by atoms with Gasteiger partial charge in [0.05, 0.1) is 12.5 Å². The summed E-state index contributed by atoms with van der Waals surface area (Å²) in [6, 6.07) is 0. The van der Waals surface area contributed by atoms with Gasteiger partial charge >= 0.3 is 5.97 Å². The van der Waals surface area contributed by atoms with Gasteiger partial charge < -0.3 is 4.74 Å². The van der Waals surface area contributed by atoms with Crippen LogP contribution in [0.5, 0.6) is 0 Å². The van der Waals surface area contributed by atoms with E-state index in [1.807, 2.05) is 0 Å². The van der Waals surface area contributed by atoms with E-state index in [9.17, 15) is 4.79 Å². The van der Waals surface area contributed by atoms with Gasteiger partial charge in [0.1, 0.15) is 0 Å². The van der Waals surface area contributed by atoms with Gasteiger partial charge in [0.2, 0.25) is 0 Å². The van der Waals surface area contributed by atoms with Crippen LogP contribution in [0, 0.1) is 5.92 Å². The van der Waals surface area contributed by atoms with E-state index in [4.69, 9.17) is 4.74 Å². The first-order chi connectivity index (χ1) is 18.8. The molecule has 0 bridgehead atoms. The Labute approximate surface area is 241 Å². The number of esters is 1. The highest BCUT2D eigenvalue weighted by Gasteiger charge is 2.19. The molecule has 0 aromatic rings. The second-order valence-corrected chi connectivity index (χ2v) is 12.3. The minimum atomic E-state index is 0.108. The molecule has 2 nitrogen and oxygen atoms in total. The Morgan fingerprint density at radius 2 is 0.658 bits per heavy atom. The molecule has 0 N–H and O–H groups in total. The van der Waals surface area contributed by atoms with Gasteiger partial charge in [-0.2, -0.15) is 0 Å². The van der Waals surface area contributed by atoms with Gasteiger partial charge in [-0.15, -0.1) is 0 Å². The van der Waals surface area contributed by atoms with Crippen LogP contribution in [0.3, 0.4) is 0 Å². The summed E-state index contributed by atoms with van der Waals surface area (Å²) >= 11 is 0. The van der Waals surface area contributed by atoms with Crippen LogP contribution >= 0.6 is 0 Å². The van der Waals surface area contributed by atoms with Crippen molar-refractivity contribution in [3.63, 3.8) is 0 Å². The van der Waals surface area contributed by atoms with Crippen molar-refractivity contribution in [3.05, 3.63) is 0 Å². The molecule has 228 valence electrons. The van der Waals surface area contributed by atoms with Crippen LogP contribution in [0.4, 0.5) is 0 Å². The molecule has 0 aromatic heterocycles. The fraction of sp³-hybridized carbons (Fsp3) is 0.972. The molecule has 0 radical (unpaired) electrons. The Bertz CT molecular complexity index is 447. The number of hydrogen-bond donors (Lipinski definition) is 0. The van der Waals surface area contributed by atoms with E-state index in [1.54, 1.807) is 0 Å². The van der Waals surface area contributed by atoms with Gasteiger partial charge in [0, 0.05) is 0 Å². The topological polar surface area (TPSA) is 26.3 Å². The summed E-state index contributed by atoms with van der Waals surface area (Å²) in [6.07, 6.45) is 39.6. The average Bonchev–Trinajstić information content (AvgIpc) is 2.92. The zero-order chi connectivity index (χ0) is 27.8. The third-order valence-corrected chi connectivity index (χ3v) is 8.39. The van der Waals surface area contributed by atoms with E-state index in [0.717, 1.165) is 19.3 Å². The van der Waals surface area contributed by atoms with E-state index in [0.29, 0.717) is 6.61 Å². The molecular formula is C36H72O2. The summed E-state index contributed by atoms with van der Waals surface area (Å²) in [5.41, 5.74) is 0. The molecule has 0 spiro atoms. The molecular weight excluding hydrogens is 464 g/mol. The highest BCUT2D eigenvalue weighted by Crippen LogP contribution is 2.21. The normalized spacial score (nSPS) is 12.2. The summed E-state index contributed by atoms with van der Waals surface area (Å²) in [5.74, 6) is 0.254. The lowest BCUT2D eigenvalue weighted by atomic mass is 9.94. The summed E-state index contributed by atoms with van der Waals surface area (Å²) in [7, 11) is 0. The summed E-state index contributed by atoms with van der Waals surface area (Å²) < 4.78 is 5.79. The molecule has 0 aliphatic heterocycles. The lowest BCUT2D eigenvalue weighted by molar-refractivity contribution is -0.149. The number of ether oxygens (including phenoxy) is 1. The first kappa shape index (κ1) is 37.5. The Kier molecular flexibility index (Phi) is 32.2. The average molecular weight is 537 g/mol. The SMILES string of the molecule is CCCCCCCCCCCCCCCCOC(=O)C(CCCCCCCC)CCCCCCCCCC. The standard InChI is InChI=1S/C36H72O2/c1-4-7-10-13-16-18-19-20-21-22-23-25-28-31-34-38-36(37)35(32-29-26-15-12-9-6-3)33-30-27-24-17-14-11-8-5-2/h35H,4-34H2,1-3H3. The van der Waals surface area contributed by atoms with Crippen molar-refractivity contribution >= 4 is 5.97 Å². The fourth-order valence-corrected chi connectivity index (χ4v) is 5.66. The lowest BCUT2D eigenvalue weighted by Crippen LogP contribution is -2.18. The third-order valence-electron chi connectivity index (χ3n) is 8.39. The molecule has 0 heterocycles. The molecule has 0 rings (SSSR count). The maximum Gasteiger partial charge on any atom is 0.308 e.